The van der Waals surface area contributed by atoms with E-state index in [9.17, 15) is 20.2 Å². The highest BCUT2D eigenvalue weighted by Gasteiger charge is 2.18. The first-order valence-corrected chi connectivity index (χ1v) is 8.78. The Bertz CT molecular complexity index is 832. The van der Waals surface area contributed by atoms with E-state index in [0.29, 0.717) is 44.4 Å². The second kappa shape index (κ2) is 11.4. The molecule has 0 heterocycles. The summed E-state index contributed by atoms with van der Waals surface area (Å²) in [5.41, 5.74) is 5.82. The van der Waals surface area contributed by atoms with Crippen LogP contribution in [0, 0.1) is 20.2 Å². The van der Waals surface area contributed by atoms with Gasteiger partial charge in [0.2, 0.25) is 0 Å². The van der Waals surface area contributed by atoms with Gasteiger partial charge in [-0.05, 0) is 18.2 Å². The lowest BCUT2D eigenvalue weighted by Crippen LogP contribution is -2.15. The molecule has 0 aromatic heterocycles. The number of nitro groups is 2. The Labute approximate surface area is 166 Å². The van der Waals surface area contributed by atoms with Gasteiger partial charge in [0, 0.05) is 12.6 Å². The Kier molecular flexibility index (Phi) is 8.60. The first kappa shape index (κ1) is 21.9. The summed E-state index contributed by atoms with van der Waals surface area (Å²) in [4.78, 5) is 20.4. The van der Waals surface area contributed by atoms with Crippen LogP contribution in [-0.4, -0.2) is 49.4 Å². The van der Waals surface area contributed by atoms with E-state index in [1.165, 1.54) is 12.1 Å². The smallest absolute Gasteiger partial charge is 0.299 e. The first-order chi connectivity index (χ1) is 14.0. The van der Waals surface area contributed by atoms with Gasteiger partial charge in [-0.15, -0.1) is 0 Å². The summed E-state index contributed by atoms with van der Waals surface area (Å²) in [6, 6.07) is 10.6. The number of ether oxygens (including phenoxy) is 3. The molecule has 2 aromatic rings. The van der Waals surface area contributed by atoms with Gasteiger partial charge in [0.1, 0.15) is 18.0 Å². The Hall–Kier alpha value is -3.44. The Morgan fingerprint density at radius 2 is 1.59 bits per heavy atom. The third kappa shape index (κ3) is 7.24. The van der Waals surface area contributed by atoms with Crippen molar-refractivity contribution in [2.45, 2.75) is 0 Å². The maximum Gasteiger partial charge on any atom is 0.299 e. The average Bonchev–Trinajstić information content (AvgIpc) is 2.70. The molecule has 11 heteroatoms. The topological polar surface area (TPSA) is 152 Å². The number of hydrogen-bond acceptors (Lipinski definition) is 9. The molecule has 0 aliphatic rings. The summed E-state index contributed by atoms with van der Waals surface area (Å²) in [5, 5.41) is 24.6. The maximum atomic E-state index is 11.0. The Morgan fingerprint density at radius 1 is 0.897 bits per heavy atom. The molecule has 0 amide bonds. The van der Waals surface area contributed by atoms with Crippen molar-refractivity contribution in [3.05, 3.63) is 62.7 Å². The minimum Gasteiger partial charge on any atom is -0.489 e. The molecule has 0 saturated carbocycles. The number of anilines is 2. The zero-order valence-corrected chi connectivity index (χ0v) is 15.6. The molecule has 0 unspecified atom stereocenters. The molecule has 11 nitrogen and oxygen atoms in total. The molecule has 2 rings (SSSR count). The van der Waals surface area contributed by atoms with Crippen LogP contribution in [0.15, 0.2) is 42.5 Å². The van der Waals surface area contributed by atoms with E-state index >= 15 is 0 Å². The SMILES string of the molecule is Nc1ccccc1OCCOCCOCCNc1ccc([N+](=O)[O-])cc1[N+](=O)[O-]. The Balaban J connectivity index is 1.58. The van der Waals surface area contributed by atoms with Gasteiger partial charge in [0.05, 0.1) is 48.0 Å². The molecule has 0 aliphatic heterocycles. The van der Waals surface area contributed by atoms with Crippen LogP contribution in [0.5, 0.6) is 5.75 Å². The molecule has 0 saturated heterocycles. The fourth-order valence-corrected chi connectivity index (χ4v) is 2.34. The van der Waals surface area contributed by atoms with E-state index in [1.807, 2.05) is 12.1 Å². The summed E-state index contributed by atoms with van der Waals surface area (Å²) >= 11 is 0. The van der Waals surface area contributed by atoms with Crippen molar-refractivity contribution in [1.29, 1.82) is 0 Å². The highest BCUT2D eigenvalue weighted by molar-refractivity contribution is 5.65. The van der Waals surface area contributed by atoms with Crippen molar-refractivity contribution in [3.8, 4) is 5.75 Å². The lowest BCUT2D eigenvalue weighted by atomic mass is 10.2. The van der Waals surface area contributed by atoms with E-state index in [0.717, 1.165) is 6.07 Å². The van der Waals surface area contributed by atoms with E-state index in [1.54, 1.807) is 12.1 Å². The fourth-order valence-electron chi connectivity index (χ4n) is 2.34. The second-order valence-electron chi connectivity index (χ2n) is 5.75. The molecule has 3 N–H and O–H groups in total. The number of benzene rings is 2. The number of nitrogens with one attached hydrogen (secondary N) is 1. The van der Waals surface area contributed by atoms with Crippen molar-refractivity contribution >= 4 is 22.7 Å². The van der Waals surface area contributed by atoms with Crippen LogP contribution in [0.2, 0.25) is 0 Å². The molecule has 0 aliphatic carbocycles. The number of nitrogens with two attached hydrogens (primary N) is 1. The van der Waals surface area contributed by atoms with Gasteiger partial charge in [0.15, 0.2) is 0 Å². The fraction of sp³-hybridized carbons (Fsp3) is 0.333. The molecule has 0 radical (unpaired) electrons. The lowest BCUT2D eigenvalue weighted by molar-refractivity contribution is -0.393. The van der Waals surface area contributed by atoms with Gasteiger partial charge in [0.25, 0.3) is 11.4 Å². The standard InChI is InChI=1S/C18H22N4O7/c19-15-3-1-2-4-18(15)29-12-11-28-10-9-27-8-7-20-16-6-5-14(21(23)24)13-17(16)22(25)26/h1-6,13,20H,7-12,19H2. The first-order valence-electron chi connectivity index (χ1n) is 8.78. The quantitative estimate of drug-likeness (QED) is 0.221. The minimum atomic E-state index is -0.681. The van der Waals surface area contributed by atoms with Crippen molar-refractivity contribution < 1.29 is 24.1 Å². The van der Waals surface area contributed by atoms with Gasteiger partial charge in [-0.25, -0.2) is 0 Å². The monoisotopic (exact) mass is 406 g/mol. The number of nitrogen functional groups attached to an aromatic ring is 1. The van der Waals surface area contributed by atoms with Gasteiger partial charge in [-0.3, -0.25) is 20.2 Å². The number of para-hydroxylation sites is 2. The van der Waals surface area contributed by atoms with E-state index < -0.39 is 9.85 Å². The third-order valence-corrected chi connectivity index (χ3v) is 3.73. The molecule has 0 fully saturated rings. The number of hydrogen-bond donors (Lipinski definition) is 2. The van der Waals surface area contributed by atoms with Crippen LogP contribution >= 0.6 is 0 Å². The van der Waals surface area contributed by atoms with Crippen LogP contribution in [0.25, 0.3) is 0 Å². The van der Waals surface area contributed by atoms with Crippen molar-refractivity contribution in [2.24, 2.45) is 0 Å². The van der Waals surface area contributed by atoms with Gasteiger partial charge in [-0.2, -0.15) is 0 Å². The number of nitro benzene ring substituents is 2. The van der Waals surface area contributed by atoms with Crippen LogP contribution in [-0.2, 0) is 9.47 Å². The summed E-state index contributed by atoms with van der Waals surface area (Å²) in [6.45, 7) is 2.04. The molecular weight excluding hydrogens is 384 g/mol. The summed E-state index contributed by atoms with van der Waals surface area (Å²) in [7, 11) is 0. The van der Waals surface area contributed by atoms with Crippen LogP contribution in [0.3, 0.4) is 0 Å². The predicted octanol–water partition coefficient (Wildman–Crippen LogP) is 2.61. The second-order valence-corrected chi connectivity index (χ2v) is 5.75. The number of nitrogens with zero attached hydrogens (tertiary/aromatic N) is 2. The third-order valence-electron chi connectivity index (χ3n) is 3.73. The number of rotatable bonds is 13. The molecule has 2 aromatic carbocycles. The number of non-ortho nitro benzene ring substituents is 1. The van der Waals surface area contributed by atoms with Crippen LogP contribution < -0.4 is 15.8 Å². The summed E-state index contributed by atoms with van der Waals surface area (Å²) in [5.74, 6) is 0.610. The van der Waals surface area contributed by atoms with Gasteiger partial charge >= 0.3 is 0 Å². The van der Waals surface area contributed by atoms with E-state index in [4.69, 9.17) is 19.9 Å². The largest absolute Gasteiger partial charge is 0.489 e. The molecular formula is C18H22N4O7. The molecule has 0 atom stereocenters. The highest BCUT2D eigenvalue weighted by atomic mass is 16.6. The minimum absolute atomic E-state index is 0.192. The average molecular weight is 406 g/mol. The van der Waals surface area contributed by atoms with E-state index in [2.05, 4.69) is 5.32 Å². The van der Waals surface area contributed by atoms with E-state index in [-0.39, 0.29) is 23.7 Å². The van der Waals surface area contributed by atoms with Crippen molar-refractivity contribution in [1.82, 2.24) is 0 Å². The van der Waals surface area contributed by atoms with Crippen molar-refractivity contribution in [2.75, 3.05) is 50.6 Å². The normalized spacial score (nSPS) is 10.5. The molecule has 0 spiro atoms. The predicted molar refractivity (Wildman–Crippen MR) is 106 cm³/mol. The maximum absolute atomic E-state index is 11.0. The van der Waals surface area contributed by atoms with Crippen molar-refractivity contribution in [3.63, 3.8) is 0 Å². The van der Waals surface area contributed by atoms with Crippen LogP contribution in [0.4, 0.5) is 22.7 Å². The Morgan fingerprint density at radius 3 is 2.28 bits per heavy atom. The zero-order valence-electron chi connectivity index (χ0n) is 15.6. The lowest BCUT2D eigenvalue weighted by Gasteiger charge is -2.10. The highest BCUT2D eigenvalue weighted by Crippen LogP contribution is 2.28. The molecule has 29 heavy (non-hydrogen) atoms. The molecule has 0 bridgehead atoms. The zero-order chi connectivity index (χ0) is 21.1. The summed E-state index contributed by atoms with van der Waals surface area (Å²) in [6.07, 6.45) is 0. The van der Waals surface area contributed by atoms with Crippen LogP contribution in [0.1, 0.15) is 0 Å². The van der Waals surface area contributed by atoms with Gasteiger partial charge in [-0.1, -0.05) is 12.1 Å². The molecule has 156 valence electrons. The van der Waals surface area contributed by atoms with Gasteiger partial charge < -0.3 is 25.3 Å². The summed E-state index contributed by atoms with van der Waals surface area (Å²) < 4.78 is 16.2.